The molecule has 0 radical (unpaired) electrons. The minimum atomic E-state index is -0.349. The van der Waals surface area contributed by atoms with E-state index in [0.29, 0.717) is 49.6 Å². The molecule has 2 aromatic carbocycles. The number of fused-ring (bicyclic) bond motifs is 1. The standard InChI is InChI=1S/C30H33N5O3/c36-24-11-12-25(26(17-24)22-7-3-1-4-8-22)29(37)33-15-13-21(14-16-33)18-34-19-32-28-27(30(34)38)31-20-35(28)23-9-5-2-6-10-23/h1-10,19-21,24-26,36H,11-18H2. The van der Waals surface area contributed by atoms with Crippen molar-refractivity contribution in [3.8, 4) is 5.69 Å². The number of likely N-dealkylation sites (tertiary alicyclic amines) is 1. The largest absolute Gasteiger partial charge is 0.393 e. The molecule has 3 atom stereocenters. The number of amides is 1. The first-order chi connectivity index (χ1) is 18.6. The lowest BCUT2D eigenvalue weighted by Crippen LogP contribution is -2.45. The van der Waals surface area contributed by atoms with E-state index in [1.807, 2.05) is 58.0 Å². The van der Waals surface area contributed by atoms with E-state index in [4.69, 9.17) is 0 Å². The van der Waals surface area contributed by atoms with E-state index < -0.39 is 0 Å². The summed E-state index contributed by atoms with van der Waals surface area (Å²) in [5.41, 5.74) is 2.85. The third-order valence-electron chi connectivity index (χ3n) is 8.31. The summed E-state index contributed by atoms with van der Waals surface area (Å²) in [5, 5.41) is 10.3. The zero-order valence-electron chi connectivity index (χ0n) is 21.4. The number of benzene rings is 2. The number of hydrogen-bond donors (Lipinski definition) is 1. The van der Waals surface area contributed by atoms with Crippen LogP contribution in [0.4, 0.5) is 0 Å². The molecule has 4 aromatic rings. The van der Waals surface area contributed by atoms with E-state index >= 15 is 0 Å². The van der Waals surface area contributed by atoms with Crippen LogP contribution in [0.2, 0.25) is 0 Å². The van der Waals surface area contributed by atoms with Crippen molar-refractivity contribution in [1.82, 2.24) is 24.0 Å². The molecule has 6 rings (SSSR count). The number of aliphatic hydroxyl groups excluding tert-OH is 1. The Bertz CT molecular complexity index is 1460. The Morgan fingerprint density at radius 2 is 1.61 bits per heavy atom. The second kappa shape index (κ2) is 10.5. The van der Waals surface area contributed by atoms with Gasteiger partial charge in [0.25, 0.3) is 5.56 Å². The van der Waals surface area contributed by atoms with Crippen molar-refractivity contribution < 1.29 is 9.90 Å². The van der Waals surface area contributed by atoms with Gasteiger partial charge in [0.2, 0.25) is 5.91 Å². The van der Waals surface area contributed by atoms with E-state index in [2.05, 4.69) is 22.1 Å². The van der Waals surface area contributed by atoms with Crippen LogP contribution in [0.5, 0.6) is 0 Å². The van der Waals surface area contributed by atoms with E-state index in [-0.39, 0.29) is 29.4 Å². The molecule has 2 aromatic heterocycles. The van der Waals surface area contributed by atoms with Gasteiger partial charge >= 0.3 is 0 Å². The van der Waals surface area contributed by atoms with Gasteiger partial charge in [0.1, 0.15) is 12.7 Å². The lowest BCUT2D eigenvalue weighted by Gasteiger charge is -2.39. The summed E-state index contributed by atoms with van der Waals surface area (Å²) < 4.78 is 3.50. The number of nitrogens with zero attached hydrogens (tertiary/aromatic N) is 5. The van der Waals surface area contributed by atoms with Crippen molar-refractivity contribution in [1.29, 1.82) is 0 Å². The highest BCUT2D eigenvalue weighted by Crippen LogP contribution is 2.39. The van der Waals surface area contributed by atoms with Crippen LogP contribution in [0.25, 0.3) is 16.9 Å². The maximum Gasteiger partial charge on any atom is 0.281 e. The number of aliphatic hydroxyl groups is 1. The average molecular weight is 512 g/mol. The van der Waals surface area contributed by atoms with Gasteiger partial charge < -0.3 is 10.0 Å². The predicted molar refractivity (Wildman–Crippen MR) is 145 cm³/mol. The molecule has 1 saturated heterocycles. The highest BCUT2D eigenvalue weighted by molar-refractivity contribution is 5.80. The van der Waals surface area contributed by atoms with Gasteiger partial charge in [-0.3, -0.25) is 18.7 Å². The number of imidazole rings is 1. The van der Waals surface area contributed by atoms with Crippen molar-refractivity contribution in [2.45, 2.75) is 50.7 Å². The van der Waals surface area contributed by atoms with Crippen LogP contribution in [0.15, 0.2) is 78.1 Å². The second-order valence-corrected chi connectivity index (χ2v) is 10.7. The summed E-state index contributed by atoms with van der Waals surface area (Å²) >= 11 is 0. The number of hydrogen-bond acceptors (Lipinski definition) is 5. The second-order valence-electron chi connectivity index (χ2n) is 10.7. The van der Waals surface area contributed by atoms with E-state index in [1.54, 1.807) is 17.2 Å². The van der Waals surface area contributed by atoms with Gasteiger partial charge in [-0.25, -0.2) is 9.97 Å². The summed E-state index contributed by atoms with van der Waals surface area (Å²) in [6, 6.07) is 19.9. The molecule has 1 aliphatic heterocycles. The van der Waals surface area contributed by atoms with Crippen LogP contribution in [-0.2, 0) is 11.3 Å². The van der Waals surface area contributed by atoms with Crippen LogP contribution in [0, 0.1) is 11.8 Å². The summed E-state index contributed by atoms with van der Waals surface area (Å²) in [6.07, 6.45) is 6.65. The predicted octanol–water partition coefficient (Wildman–Crippen LogP) is 3.77. The van der Waals surface area contributed by atoms with Gasteiger partial charge in [-0.05, 0) is 61.6 Å². The minimum absolute atomic E-state index is 0.0530. The highest BCUT2D eigenvalue weighted by atomic mass is 16.3. The fourth-order valence-corrected chi connectivity index (χ4v) is 6.20. The van der Waals surface area contributed by atoms with Crippen LogP contribution in [0.1, 0.15) is 43.6 Å². The fraction of sp³-hybridized carbons (Fsp3) is 0.400. The third kappa shape index (κ3) is 4.76. The smallest absolute Gasteiger partial charge is 0.281 e. The molecular formula is C30H33N5O3. The monoisotopic (exact) mass is 511 g/mol. The topological polar surface area (TPSA) is 93.2 Å². The lowest BCUT2D eigenvalue weighted by molar-refractivity contribution is -0.139. The Morgan fingerprint density at radius 3 is 2.34 bits per heavy atom. The first kappa shape index (κ1) is 24.6. The number of rotatable bonds is 5. The summed E-state index contributed by atoms with van der Waals surface area (Å²) in [4.78, 5) is 37.7. The minimum Gasteiger partial charge on any atom is -0.393 e. The van der Waals surface area contributed by atoms with Crippen molar-refractivity contribution in [3.63, 3.8) is 0 Å². The van der Waals surface area contributed by atoms with Gasteiger partial charge in [-0.1, -0.05) is 48.5 Å². The quantitative estimate of drug-likeness (QED) is 0.440. The SMILES string of the molecule is O=C(C1CCC(O)CC1c1ccccc1)N1CCC(Cn2cnc3c(ncn3-c3ccccc3)c2=O)CC1. The zero-order valence-corrected chi connectivity index (χ0v) is 21.4. The van der Waals surface area contributed by atoms with Crippen molar-refractivity contribution >= 4 is 17.1 Å². The lowest BCUT2D eigenvalue weighted by atomic mass is 9.73. The molecule has 3 unspecified atom stereocenters. The molecule has 196 valence electrons. The Labute approximate surface area is 221 Å². The van der Waals surface area contributed by atoms with Gasteiger partial charge in [0.15, 0.2) is 11.2 Å². The number of para-hydroxylation sites is 1. The third-order valence-corrected chi connectivity index (χ3v) is 8.31. The maximum absolute atomic E-state index is 13.6. The van der Waals surface area contributed by atoms with E-state index in [9.17, 15) is 14.7 Å². The Kier molecular flexibility index (Phi) is 6.81. The van der Waals surface area contributed by atoms with Crippen LogP contribution in [0.3, 0.4) is 0 Å². The molecule has 1 amide bonds. The van der Waals surface area contributed by atoms with Gasteiger partial charge in [0.05, 0.1) is 6.10 Å². The number of carbonyl (C=O) groups excluding carboxylic acids is 1. The summed E-state index contributed by atoms with van der Waals surface area (Å²) in [7, 11) is 0. The van der Waals surface area contributed by atoms with Crippen LogP contribution < -0.4 is 5.56 Å². The molecule has 1 N–H and O–H groups in total. The first-order valence-corrected chi connectivity index (χ1v) is 13.6. The molecule has 8 nitrogen and oxygen atoms in total. The van der Waals surface area contributed by atoms with Crippen molar-refractivity contribution in [2.75, 3.05) is 13.1 Å². The molecular weight excluding hydrogens is 478 g/mol. The molecule has 38 heavy (non-hydrogen) atoms. The number of carbonyl (C=O) groups is 1. The maximum atomic E-state index is 13.6. The number of aromatic nitrogens is 4. The van der Waals surface area contributed by atoms with Gasteiger partial charge in [-0.2, -0.15) is 0 Å². The first-order valence-electron chi connectivity index (χ1n) is 13.6. The van der Waals surface area contributed by atoms with Crippen LogP contribution >= 0.6 is 0 Å². The molecule has 1 saturated carbocycles. The molecule has 8 heteroatoms. The molecule has 2 aliphatic rings. The molecule has 1 aliphatic carbocycles. The number of piperidine rings is 1. The zero-order chi connectivity index (χ0) is 26.1. The Balaban J connectivity index is 1.12. The van der Waals surface area contributed by atoms with Crippen molar-refractivity contribution in [3.05, 3.63) is 89.2 Å². The molecule has 0 bridgehead atoms. The van der Waals surface area contributed by atoms with Gasteiger partial charge in [-0.15, -0.1) is 0 Å². The Morgan fingerprint density at radius 1 is 0.895 bits per heavy atom. The van der Waals surface area contributed by atoms with Gasteiger partial charge in [0, 0.05) is 31.2 Å². The van der Waals surface area contributed by atoms with E-state index in [1.165, 1.54) is 0 Å². The summed E-state index contributed by atoms with van der Waals surface area (Å²) in [5.74, 6) is 0.463. The highest BCUT2D eigenvalue weighted by Gasteiger charge is 2.38. The normalized spacial score (nSPS) is 22.6. The average Bonchev–Trinajstić information content (AvgIpc) is 3.40. The summed E-state index contributed by atoms with van der Waals surface area (Å²) in [6.45, 7) is 1.96. The van der Waals surface area contributed by atoms with Crippen LogP contribution in [-0.4, -0.2) is 54.2 Å². The van der Waals surface area contributed by atoms with E-state index in [0.717, 1.165) is 30.5 Å². The van der Waals surface area contributed by atoms with Crippen molar-refractivity contribution in [2.24, 2.45) is 11.8 Å². The Hall–Kier alpha value is -3.78. The molecule has 0 spiro atoms. The fourth-order valence-electron chi connectivity index (χ4n) is 6.20. The molecule has 3 heterocycles. The molecule has 2 fully saturated rings.